The minimum absolute atomic E-state index is 0.00997. The molecule has 0 radical (unpaired) electrons. The summed E-state index contributed by atoms with van der Waals surface area (Å²) in [4.78, 5) is 21.0. The third kappa shape index (κ3) is 38.0. The summed E-state index contributed by atoms with van der Waals surface area (Å²) in [5.74, 6) is 1.14. The Labute approximate surface area is 316 Å². The molecule has 0 aromatic carbocycles. The van der Waals surface area contributed by atoms with E-state index in [0.29, 0.717) is 17.9 Å². The minimum Gasteiger partial charge on any atom is -0.381 e. The highest BCUT2D eigenvalue weighted by atomic mass is 16.5. The summed E-state index contributed by atoms with van der Waals surface area (Å²) in [6, 6.07) is 1.70. The molecule has 1 aliphatic carbocycles. The Bertz CT molecular complexity index is 642. The number of nitrogens with one attached hydrogen (secondary N) is 4. The van der Waals surface area contributed by atoms with Crippen molar-refractivity contribution in [2.45, 2.75) is 192 Å². The van der Waals surface area contributed by atoms with Crippen LogP contribution in [0.4, 0.5) is 0 Å². The highest BCUT2D eigenvalue weighted by molar-refractivity contribution is 5.57. The Balaban J connectivity index is -0.000000127. The van der Waals surface area contributed by atoms with Gasteiger partial charge in [-0.1, -0.05) is 114 Å². The van der Waals surface area contributed by atoms with Gasteiger partial charge in [-0.25, -0.2) is 0 Å². The maximum absolute atomic E-state index is 10.8. The van der Waals surface area contributed by atoms with Crippen LogP contribution in [0.2, 0.25) is 0 Å². The molecule has 1 heterocycles. The van der Waals surface area contributed by atoms with Crippen molar-refractivity contribution in [1.29, 1.82) is 0 Å². The average molecular weight is 717 g/mol. The van der Waals surface area contributed by atoms with Gasteiger partial charge in [0.2, 0.25) is 6.41 Å². The molecule has 50 heavy (non-hydrogen) atoms. The van der Waals surface area contributed by atoms with E-state index in [2.05, 4.69) is 76.3 Å². The first kappa shape index (κ1) is 60.8. The molecule has 4 N–H and O–H groups in total. The van der Waals surface area contributed by atoms with Crippen molar-refractivity contribution in [1.82, 2.24) is 21.3 Å². The fraction of sp³-hybridized carbons (Fsp3) is 0.907. The Morgan fingerprint density at radius 1 is 0.840 bits per heavy atom. The normalized spacial score (nSPS) is 16.9. The van der Waals surface area contributed by atoms with E-state index in [-0.39, 0.29) is 17.4 Å². The van der Waals surface area contributed by atoms with Gasteiger partial charge >= 0.3 is 0 Å². The third-order valence-corrected chi connectivity index (χ3v) is 9.45. The second kappa shape index (κ2) is 47.7. The molecule has 0 bridgehead atoms. The van der Waals surface area contributed by atoms with E-state index < -0.39 is 0 Å². The highest BCUT2D eigenvalue weighted by Gasteiger charge is 2.27. The highest BCUT2D eigenvalue weighted by Crippen LogP contribution is 2.31. The van der Waals surface area contributed by atoms with Crippen molar-refractivity contribution in [3.63, 3.8) is 0 Å². The van der Waals surface area contributed by atoms with Gasteiger partial charge in [-0.3, -0.25) is 4.79 Å². The first-order valence-corrected chi connectivity index (χ1v) is 20.8. The molecule has 306 valence electrons. The number of amides is 1. The van der Waals surface area contributed by atoms with E-state index in [0.717, 1.165) is 50.4 Å². The number of carbonyl (C=O) groups excluding carboxylic acids is 2. The van der Waals surface area contributed by atoms with Gasteiger partial charge in [0.15, 0.2) is 0 Å². The molecule has 0 spiro atoms. The predicted molar refractivity (Wildman–Crippen MR) is 227 cm³/mol. The summed E-state index contributed by atoms with van der Waals surface area (Å²) in [7, 11) is 7.79. The quantitative estimate of drug-likeness (QED) is 0.0939. The first-order chi connectivity index (χ1) is 23.9. The molecular weight excluding hydrogens is 620 g/mol. The van der Waals surface area contributed by atoms with Crippen LogP contribution in [0.25, 0.3) is 0 Å². The maximum atomic E-state index is 10.8. The third-order valence-electron chi connectivity index (χ3n) is 9.45. The molecule has 1 aliphatic heterocycles. The summed E-state index contributed by atoms with van der Waals surface area (Å²) in [6.07, 6.45) is 16.9. The fourth-order valence-electron chi connectivity index (χ4n) is 5.19. The van der Waals surface area contributed by atoms with Crippen LogP contribution in [0.1, 0.15) is 174 Å². The second-order valence-corrected chi connectivity index (χ2v) is 13.2. The number of hydrogen-bond donors (Lipinski definition) is 4. The van der Waals surface area contributed by atoms with Gasteiger partial charge in [-0.15, -0.1) is 0 Å². The molecule has 0 aromatic heterocycles. The van der Waals surface area contributed by atoms with Crippen molar-refractivity contribution < 1.29 is 14.3 Å². The van der Waals surface area contributed by atoms with Crippen LogP contribution in [0.15, 0.2) is 12.2 Å². The maximum Gasteiger partial charge on any atom is 0.207 e. The number of carbonyl (C=O) groups is 2. The molecule has 7 heteroatoms. The van der Waals surface area contributed by atoms with Crippen molar-refractivity contribution in [2.75, 3.05) is 41.4 Å². The molecule has 0 aromatic rings. The number of hydrogen-bond acceptors (Lipinski definition) is 6. The van der Waals surface area contributed by atoms with Gasteiger partial charge in [0.25, 0.3) is 0 Å². The van der Waals surface area contributed by atoms with E-state index in [1.165, 1.54) is 64.2 Å². The standard InChI is InChI=1S/C15H29NO.C10H21NO.C5H11N.C5H10O.C2H7N.3C2H6/c1-7-15(9-13(4)16-6)8-11(2)14(5)12(3)10-17;1-5-7-10(4,6-2)9(3)11-8-12;1-6-5-3-2-4-5;1-2-4-6-5-3-1;1-3-2;3*1-2/h10-13,15-16H,5,7-9H2,1-4,6H3;8-9H,5-7H2,1-4H3,(H,11,12);5-6H,2-4H2,1H3;1-5H2;3H,1-2H3;3*1-2H3/t11-,12?,13-,15?;9?,10-;;;;;;/m11....../s1. The zero-order chi connectivity index (χ0) is 40.4. The molecule has 2 fully saturated rings. The van der Waals surface area contributed by atoms with Gasteiger partial charge in [-0.2, -0.15) is 0 Å². The Kier molecular flexibility index (Phi) is 58.0. The lowest BCUT2D eigenvalue weighted by Crippen LogP contribution is -2.40. The van der Waals surface area contributed by atoms with Crippen LogP contribution in [0.3, 0.4) is 0 Å². The molecular formula is C43H96N4O3. The van der Waals surface area contributed by atoms with Crippen LogP contribution in [0, 0.1) is 23.2 Å². The van der Waals surface area contributed by atoms with E-state index >= 15 is 0 Å². The zero-order valence-corrected chi connectivity index (χ0v) is 37.5. The van der Waals surface area contributed by atoms with Gasteiger partial charge in [0, 0.05) is 37.3 Å². The van der Waals surface area contributed by atoms with Crippen LogP contribution >= 0.6 is 0 Å². The molecule has 6 atom stereocenters. The minimum atomic E-state index is -0.00997. The number of allylic oxidation sites excluding steroid dienone is 1. The van der Waals surface area contributed by atoms with Crippen LogP contribution in [0.5, 0.6) is 0 Å². The Morgan fingerprint density at radius 3 is 1.58 bits per heavy atom. The van der Waals surface area contributed by atoms with E-state index in [4.69, 9.17) is 4.74 Å². The van der Waals surface area contributed by atoms with Crippen molar-refractivity contribution >= 4 is 12.7 Å². The average Bonchev–Trinajstić information content (AvgIpc) is 3.14. The lowest BCUT2D eigenvalue weighted by Gasteiger charge is -2.34. The topological polar surface area (TPSA) is 91.5 Å². The van der Waals surface area contributed by atoms with Gasteiger partial charge in [0.05, 0.1) is 0 Å². The van der Waals surface area contributed by atoms with Crippen LogP contribution < -0.4 is 21.3 Å². The second-order valence-electron chi connectivity index (χ2n) is 13.2. The molecule has 3 unspecified atom stereocenters. The molecule has 1 amide bonds. The molecule has 1 saturated heterocycles. The van der Waals surface area contributed by atoms with Crippen LogP contribution in [-0.2, 0) is 14.3 Å². The predicted octanol–water partition coefficient (Wildman–Crippen LogP) is 10.6. The van der Waals surface area contributed by atoms with Gasteiger partial charge in [0.1, 0.15) is 6.29 Å². The summed E-state index contributed by atoms with van der Waals surface area (Å²) < 4.78 is 5.07. The Hall–Kier alpha value is -1.28. The zero-order valence-electron chi connectivity index (χ0n) is 37.5. The summed E-state index contributed by atoms with van der Waals surface area (Å²) in [5.41, 5.74) is 1.34. The summed E-state index contributed by atoms with van der Waals surface area (Å²) in [6.45, 7) is 35.3. The monoisotopic (exact) mass is 717 g/mol. The Morgan fingerprint density at radius 2 is 1.34 bits per heavy atom. The van der Waals surface area contributed by atoms with Crippen molar-refractivity contribution in [2.24, 2.45) is 23.2 Å². The molecule has 2 aliphatic rings. The van der Waals surface area contributed by atoms with E-state index in [9.17, 15) is 9.59 Å². The van der Waals surface area contributed by atoms with E-state index in [1.807, 2.05) is 76.7 Å². The van der Waals surface area contributed by atoms with Crippen LogP contribution in [-0.4, -0.2) is 72.2 Å². The lowest BCUT2D eigenvalue weighted by atomic mass is 9.77. The molecule has 1 saturated carbocycles. The first-order valence-electron chi connectivity index (χ1n) is 20.8. The van der Waals surface area contributed by atoms with Gasteiger partial charge in [-0.05, 0) is 117 Å². The van der Waals surface area contributed by atoms with Crippen molar-refractivity contribution in [3.8, 4) is 0 Å². The summed E-state index contributed by atoms with van der Waals surface area (Å²) in [5, 5.41) is 12.1. The number of ether oxygens (including phenoxy) is 1. The number of rotatable bonds is 16. The SMILES string of the molecule is C1CCOCC1.C=C(C(C)C=O)[C@H](C)CC(CC)C[C@@H](C)NC.CC.CC.CC.CCC[C@@](C)(CC)C(C)NC=O.CNC.CNC1CCC1. The molecule has 7 nitrogen and oxygen atoms in total. The van der Waals surface area contributed by atoms with Crippen molar-refractivity contribution in [3.05, 3.63) is 12.2 Å². The van der Waals surface area contributed by atoms with E-state index in [1.54, 1.807) is 0 Å². The largest absolute Gasteiger partial charge is 0.381 e. The summed E-state index contributed by atoms with van der Waals surface area (Å²) >= 11 is 0. The number of aldehydes is 1. The lowest BCUT2D eigenvalue weighted by molar-refractivity contribution is -0.111. The fourth-order valence-corrected chi connectivity index (χ4v) is 5.19. The molecule has 2 rings (SSSR count). The smallest absolute Gasteiger partial charge is 0.207 e. The van der Waals surface area contributed by atoms with Gasteiger partial charge < -0.3 is 30.8 Å².